The maximum Gasteiger partial charge on any atom is 0.277 e. The Bertz CT molecular complexity index is 791. The van der Waals surface area contributed by atoms with Crippen LogP contribution in [0.3, 0.4) is 0 Å². The average Bonchev–Trinajstić information content (AvgIpc) is 2.61. The molecule has 0 fully saturated rings. The largest absolute Gasteiger partial charge is 0.484 e. The Kier molecular flexibility index (Phi) is 6.47. The van der Waals surface area contributed by atoms with Gasteiger partial charge in [0.1, 0.15) is 5.75 Å². The third-order valence-corrected chi connectivity index (χ3v) is 3.53. The van der Waals surface area contributed by atoms with E-state index in [1.807, 2.05) is 6.92 Å². The van der Waals surface area contributed by atoms with Crippen LogP contribution in [0.1, 0.15) is 18.1 Å². The molecule has 0 saturated carbocycles. The average molecular weight is 362 g/mol. The smallest absolute Gasteiger partial charge is 0.277 e. The standard InChI is InChI=1S/C17H16ClN3O4/c1-2-13-4-3-12(9-16(13)21(23)24)10-19-20-17(22)11-25-15-7-5-14(18)6-8-15/h3-10H,2,11H2,1H3,(H,20,22)/b19-10-. The van der Waals surface area contributed by atoms with Gasteiger partial charge < -0.3 is 4.74 Å². The fourth-order valence-corrected chi connectivity index (χ4v) is 2.15. The number of nitro benzene ring substituents is 1. The maximum atomic E-state index is 11.7. The Morgan fingerprint density at radius 3 is 2.68 bits per heavy atom. The second-order valence-electron chi connectivity index (χ2n) is 5.03. The van der Waals surface area contributed by atoms with Crippen LogP contribution in [0.15, 0.2) is 47.6 Å². The van der Waals surface area contributed by atoms with E-state index in [0.717, 1.165) is 0 Å². The van der Waals surface area contributed by atoms with Crippen LogP contribution >= 0.6 is 11.6 Å². The molecule has 2 rings (SSSR count). The molecular formula is C17H16ClN3O4. The molecule has 2 aromatic rings. The molecule has 0 radical (unpaired) electrons. The summed E-state index contributed by atoms with van der Waals surface area (Å²) in [6, 6.07) is 11.4. The van der Waals surface area contributed by atoms with Gasteiger partial charge in [-0.05, 0) is 30.7 Å². The van der Waals surface area contributed by atoms with Crippen molar-refractivity contribution in [3.8, 4) is 5.75 Å². The van der Waals surface area contributed by atoms with Crippen LogP contribution in [0, 0.1) is 10.1 Å². The minimum Gasteiger partial charge on any atom is -0.484 e. The van der Waals surface area contributed by atoms with Crippen LogP contribution in [-0.2, 0) is 11.2 Å². The molecule has 2 aromatic carbocycles. The number of hydrazone groups is 1. The molecule has 0 unspecified atom stereocenters. The summed E-state index contributed by atoms with van der Waals surface area (Å²) >= 11 is 5.75. The van der Waals surface area contributed by atoms with Crippen molar-refractivity contribution in [2.24, 2.45) is 5.10 Å². The van der Waals surface area contributed by atoms with Gasteiger partial charge in [0.25, 0.3) is 11.6 Å². The van der Waals surface area contributed by atoms with E-state index in [0.29, 0.717) is 28.3 Å². The Balaban J connectivity index is 1.89. The molecule has 0 aliphatic heterocycles. The normalized spacial score (nSPS) is 10.6. The summed E-state index contributed by atoms with van der Waals surface area (Å²) < 4.78 is 5.27. The highest BCUT2D eigenvalue weighted by Gasteiger charge is 2.12. The number of carbonyl (C=O) groups excluding carboxylic acids is 1. The predicted molar refractivity (Wildman–Crippen MR) is 95.2 cm³/mol. The number of carbonyl (C=O) groups is 1. The quantitative estimate of drug-likeness (QED) is 0.465. The number of halogens is 1. The lowest BCUT2D eigenvalue weighted by atomic mass is 10.1. The highest BCUT2D eigenvalue weighted by atomic mass is 35.5. The van der Waals surface area contributed by atoms with E-state index in [1.54, 1.807) is 36.4 Å². The Morgan fingerprint density at radius 1 is 1.32 bits per heavy atom. The summed E-state index contributed by atoms with van der Waals surface area (Å²) in [4.78, 5) is 22.3. The van der Waals surface area contributed by atoms with Gasteiger partial charge in [-0.15, -0.1) is 0 Å². The highest BCUT2D eigenvalue weighted by Crippen LogP contribution is 2.20. The fourth-order valence-electron chi connectivity index (χ4n) is 2.02. The highest BCUT2D eigenvalue weighted by molar-refractivity contribution is 6.30. The number of hydrogen-bond acceptors (Lipinski definition) is 5. The number of amides is 1. The van der Waals surface area contributed by atoms with Crippen molar-refractivity contribution >= 4 is 29.4 Å². The number of nitrogens with zero attached hydrogens (tertiary/aromatic N) is 2. The Morgan fingerprint density at radius 2 is 2.04 bits per heavy atom. The number of benzene rings is 2. The number of aryl methyl sites for hydroxylation is 1. The summed E-state index contributed by atoms with van der Waals surface area (Å²) in [7, 11) is 0. The van der Waals surface area contributed by atoms with Crippen LogP contribution in [0.2, 0.25) is 5.02 Å². The van der Waals surface area contributed by atoms with Crippen molar-refractivity contribution in [1.29, 1.82) is 0 Å². The SMILES string of the molecule is CCc1ccc(/C=N\NC(=O)COc2ccc(Cl)cc2)cc1[N+](=O)[O-]. The van der Waals surface area contributed by atoms with Gasteiger partial charge in [-0.1, -0.05) is 30.7 Å². The van der Waals surface area contributed by atoms with E-state index in [4.69, 9.17) is 16.3 Å². The van der Waals surface area contributed by atoms with E-state index in [9.17, 15) is 14.9 Å². The maximum absolute atomic E-state index is 11.7. The molecule has 7 nitrogen and oxygen atoms in total. The minimum atomic E-state index is -0.453. The van der Waals surface area contributed by atoms with Crippen molar-refractivity contribution in [3.05, 3.63) is 68.7 Å². The van der Waals surface area contributed by atoms with Crippen molar-refractivity contribution in [2.45, 2.75) is 13.3 Å². The zero-order valence-electron chi connectivity index (χ0n) is 13.4. The molecule has 1 N–H and O–H groups in total. The molecule has 0 aliphatic rings. The Hall–Kier alpha value is -2.93. The lowest BCUT2D eigenvalue weighted by Gasteiger charge is -2.04. The third kappa shape index (κ3) is 5.58. The van der Waals surface area contributed by atoms with Crippen LogP contribution in [-0.4, -0.2) is 23.7 Å². The lowest BCUT2D eigenvalue weighted by molar-refractivity contribution is -0.385. The van der Waals surface area contributed by atoms with Crippen LogP contribution < -0.4 is 10.2 Å². The van der Waals surface area contributed by atoms with Gasteiger partial charge in [0, 0.05) is 22.2 Å². The van der Waals surface area contributed by atoms with Crippen LogP contribution in [0.4, 0.5) is 5.69 Å². The number of hydrogen-bond donors (Lipinski definition) is 1. The van der Waals surface area contributed by atoms with Gasteiger partial charge in [-0.25, -0.2) is 5.43 Å². The molecule has 25 heavy (non-hydrogen) atoms. The molecule has 1 amide bonds. The molecule has 0 spiro atoms. The molecule has 0 aliphatic carbocycles. The zero-order valence-corrected chi connectivity index (χ0v) is 14.2. The van der Waals surface area contributed by atoms with Crippen LogP contribution in [0.25, 0.3) is 0 Å². The first-order chi connectivity index (χ1) is 12.0. The summed E-state index contributed by atoms with van der Waals surface area (Å²) in [5.41, 5.74) is 3.49. The van der Waals surface area contributed by atoms with Gasteiger partial charge >= 0.3 is 0 Å². The van der Waals surface area contributed by atoms with Crippen molar-refractivity contribution in [3.63, 3.8) is 0 Å². The second kappa shape index (κ2) is 8.79. The Labute approximate surface area is 149 Å². The van der Waals surface area contributed by atoms with Gasteiger partial charge in [0.2, 0.25) is 0 Å². The monoisotopic (exact) mass is 361 g/mol. The van der Waals surface area contributed by atoms with E-state index < -0.39 is 10.8 Å². The minimum absolute atomic E-state index is 0.0313. The van der Waals surface area contributed by atoms with E-state index >= 15 is 0 Å². The van der Waals surface area contributed by atoms with Gasteiger partial charge in [-0.3, -0.25) is 14.9 Å². The van der Waals surface area contributed by atoms with Gasteiger partial charge in [-0.2, -0.15) is 5.10 Å². The summed E-state index contributed by atoms with van der Waals surface area (Å²) in [6.07, 6.45) is 1.90. The molecule has 8 heteroatoms. The first kappa shape index (κ1) is 18.4. The number of ether oxygens (including phenoxy) is 1. The first-order valence-corrected chi connectivity index (χ1v) is 7.85. The van der Waals surface area contributed by atoms with E-state index in [1.165, 1.54) is 12.3 Å². The second-order valence-corrected chi connectivity index (χ2v) is 5.47. The fraction of sp³-hybridized carbons (Fsp3) is 0.176. The number of rotatable bonds is 7. The van der Waals surface area contributed by atoms with E-state index in [-0.39, 0.29) is 12.3 Å². The molecule has 0 heterocycles. The zero-order chi connectivity index (χ0) is 18.2. The van der Waals surface area contributed by atoms with Crippen molar-refractivity contribution in [1.82, 2.24) is 5.43 Å². The topological polar surface area (TPSA) is 93.8 Å². The van der Waals surface area contributed by atoms with E-state index in [2.05, 4.69) is 10.5 Å². The van der Waals surface area contributed by atoms with Crippen LogP contribution in [0.5, 0.6) is 5.75 Å². The third-order valence-electron chi connectivity index (χ3n) is 3.27. The van der Waals surface area contributed by atoms with Crippen molar-refractivity contribution < 1.29 is 14.5 Å². The molecule has 0 saturated heterocycles. The van der Waals surface area contributed by atoms with Gasteiger partial charge in [0.15, 0.2) is 6.61 Å². The molecule has 0 atom stereocenters. The first-order valence-electron chi connectivity index (χ1n) is 7.47. The van der Waals surface area contributed by atoms with Crippen molar-refractivity contribution in [2.75, 3.05) is 6.61 Å². The lowest BCUT2D eigenvalue weighted by Crippen LogP contribution is -2.24. The summed E-state index contributed by atoms with van der Waals surface area (Å²) in [5, 5.41) is 15.4. The number of nitro groups is 1. The molecule has 130 valence electrons. The molecular weight excluding hydrogens is 346 g/mol. The summed E-state index contributed by atoms with van der Waals surface area (Å²) in [5.74, 6) is 0.0557. The molecule has 0 aromatic heterocycles. The number of nitrogens with one attached hydrogen (secondary N) is 1. The predicted octanol–water partition coefficient (Wildman–Crippen LogP) is 3.34. The van der Waals surface area contributed by atoms with Gasteiger partial charge in [0.05, 0.1) is 11.1 Å². The summed E-state index contributed by atoms with van der Waals surface area (Å²) in [6.45, 7) is 1.63. The molecule has 0 bridgehead atoms.